The highest BCUT2D eigenvalue weighted by molar-refractivity contribution is 5.93. The lowest BCUT2D eigenvalue weighted by molar-refractivity contribution is -0.266. The van der Waals surface area contributed by atoms with Crippen LogP contribution in [-0.4, -0.2) is 49.4 Å². The SMILES string of the molecule is C=C1C(C)COC1(OC)[C@H](OC(C)=O)C1[C@@H](OC(C)=O)C[C@@]2(C)[C@@H]3CC[C@H]4[C@H](C)C(=O)C=C[C@@]45C[C@@]35CC[C@]12C. The normalized spacial score (nSPS) is 51.3. The van der Waals surface area contributed by atoms with E-state index in [1.165, 1.54) is 13.8 Å². The van der Waals surface area contributed by atoms with E-state index in [0.717, 1.165) is 37.7 Å². The first-order valence-corrected chi connectivity index (χ1v) is 15.2. The van der Waals surface area contributed by atoms with Gasteiger partial charge >= 0.3 is 11.9 Å². The van der Waals surface area contributed by atoms with Gasteiger partial charge in [-0.05, 0) is 83.7 Å². The van der Waals surface area contributed by atoms with Crippen LogP contribution in [0.25, 0.3) is 0 Å². The molecule has 6 rings (SSSR count). The van der Waals surface area contributed by atoms with E-state index in [9.17, 15) is 14.4 Å². The predicted octanol–water partition coefficient (Wildman–Crippen LogP) is 5.42. The van der Waals surface area contributed by atoms with Gasteiger partial charge in [0.05, 0.1) is 6.61 Å². The number of hydrogen-bond acceptors (Lipinski definition) is 7. The van der Waals surface area contributed by atoms with E-state index in [1.807, 2.05) is 13.0 Å². The molecule has 4 saturated carbocycles. The second kappa shape index (κ2) is 8.76. The van der Waals surface area contributed by atoms with Gasteiger partial charge in [0.15, 0.2) is 11.9 Å². The standard InChI is InChI=1S/C33H46O7/c1-18-16-38-33(37-8,20(18)3)28(40-22(5)35)27-25(39-21(4)34)15-30(7)26-10-9-23-19(2)24(36)11-12-31(23)17-32(26,31)14-13-29(27,30)6/h11-12,18-19,23,25-28H,3,9-10,13-17H2,1-2,4-8H3/t18?,19-,23-,25-,26-,27?,28+,29+,30-,31+,32-,33?/m0/s1. The van der Waals surface area contributed by atoms with Crippen LogP contribution in [-0.2, 0) is 33.3 Å². The third-order valence-corrected chi connectivity index (χ3v) is 13.2. The van der Waals surface area contributed by atoms with Crippen LogP contribution < -0.4 is 0 Å². The Bertz CT molecular complexity index is 1190. The first-order chi connectivity index (χ1) is 18.7. The second-order valence-electron chi connectivity index (χ2n) is 14.5. The lowest BCUT2D eigenvalue weighted by atomic mass is 9.43. The van der Waals surface area contributed by atoms with Gasteiger partial charge < -0.3 is 18.9 Å². The molecule has 1 aliphatic heterocycles. The van der Waals surface area contributed by atoms with Crippen molar-refractivity contribution in [2.24, 2.45) is 51.2 Å². The lowest BCUT2D eigenvalue weighted by Crippen LogP contribution is -2.60. The van der Waals surface area contributed by atoms with Crippen LogP contribution in [0.15, 0.2) is 24.3 Å². The average molecular weight is 555 g/mol. The topological polar surface area (TPSA) is 88.1 Å². The minimum Gasteiger partial charge on any atom is -0.462 e. The molecule has 0 aromatic carbocycles. The van der Waals surface area contributed by atoms with E-state index in [2.05, 4.69) is 33.4 Å². The first-order valence-electron chi connectivity index (χ1n) is 15.2. The number of rotatable bonds is 5. The summed E-state index contributed by atoms with van der Waals surface area (Å²) < 4.78 is 24.8. The molecule has 0 aromatic heterocycles. The summed E-state index contributed by atoms with van der Waals surface area (Å²) >= 11 is 0. The van der Waals surface area contributed by atoms with Crippen molar-refractivity contribution in [3.63, 3.8) is 0 Å². The van der Waals surface area contributed by atoms with Gasteiger partial charge in [0.1, 0.15) is 6.10 Å². The van der Waals surface area contributed by atoms with Crippen LogP contribution in [0.5, 0.6) is 0 Å². The average Bonchev–Trinajstić information content (AvgIpc) is 3.39. The lowest BCUT2D eigenvalue weighted by Gasteiger charge is -2.61. The summed E-state index contributed by atoms with van der Waals surface area (Å²) in [6.07, 6.45) is 8.72. The Morgan fingerprint density at radius 3 is 2.42 bits per heavy atom. The van der Waals surface area contributed by atoms with Crippen molar-refractivity contribution in [3.8, 4) is 0 Å². The Morgan fingerprint density at radius 2 is 1.82 bits per heavy atom. The van der Waals surface area contributed by atoms with Gasteiger partial charge in [0.2, 0.25) is 5.79 Å². The highest BCUT2D eigenvalue weighted by Crippen LogP contribution is 2.87. The minimum absolute atomic E-state index is 0.0322. The molecule has 1 saturated heterocycles. The molecule has 6 aliphatic rings. The molecule has 3 unspecified atom stereocenters. The third-order valence-electron chi connectivity index (χ3n) is 13.2. The number of ketones is 1. The molecule has 0 N–H and O–H groups in total. The van der Waals surface area contributed by atoms with Crippen molar-refractivity contribution in [3.05, 3.63) is 24.3 Å². The number of carbonyl (C=O) groups is 3. The summed E-state index contributed by atoms with van der Waals surface area (Å²) in [7, 11) is 1.58. The Balaban J connectivity index is 1.46. The molecule has 5 aliphatic carbocycles. The second-order valence-corrected chi connectivity index (χ2v) is 14.5. The summed E-state index contributed by atoms with van der Waals surface area (Å²) in [5.41, 5.74) is 0.496. The number of methoxy groups -OCH3 is 1. The zero-order chi connectivity index (χ0) is 29.0. The van der Waals surface area contributed by atoms with E-state index in [1.54, 1.807) is 7.11 Å². The molecule has 7 nitrogen and oxygen atoms in total. The molecule has 220 valence electrons. The van der Waals surface area contributed by atoms with Crippen molar-refractivity contribution in [2.75, 3.05) is 13.7 Å². The maximum atomic E-state index is 12.7. The molecule has 7 heteroatoms. The summed E-state index contributed by atoms with van der Waals surface area (Å²) in [5.74, 6) is -1.22. The van der Waals surface area contributed by atoms with Gasteiger partial charge in [-0.15, -0.1) is 0 Å². The van der Waals surface area contributed by atoms with E-state index >= 15 is 0 Å². The quantitative estimate of drug-likeness (QED) is 0.331. The molecule has 0 radical (unpaired) electrons. The molecular weight excluding hydrogens is 508 g/mol. The summed E-state index contributed by atoms with van der Waals surface area (Å²) in [4.78, 5) is 37.9. The molecule has 1 heterocycles. The smallest absolute Gasteiger partial charge is 0.303 e. The number of hydrogen-bond donors (Lipinski definition) is 0. The fraction of sp³-hybridized carbons (Fsp3) is 0.788. The third kappa shape index (κ3) is 3.28. The number of carbonyl (C=O) groups excluding carboxylic acids is 3. The predicted molar refractivity (Wildman–Crippen MR) is 148 cm³/mol. The van der Waals surface area contributed by atoms with Crippen LogP contribution in [0.2, 0.25) is 0 Å². The molecule has 0 amide bonds. The van der Waals surface area contributed by atoms with Crippen molar-refractivity contribution in [1.29, 1.82) is 0 Å². The molecule has 40 heavy (non-hydrogen) atoms. The Kier molecular flexibility index (Phi) is 6.16. The Morgan fingerprint density at radius 1 is 1.10 bits per heavy atom. The monoisotopic (exact) mass is 554 g/mol. The van der Waals surface area contributed by atoms with Crippen LogP contribution in [0.3, 0.4) is 0 Å². The maximum absolute atomic E-state index is 12.7. The maximum Gasteiger partial charge on any atom is 0.303 e. The largest absolute Gasteiger partial charge is 0.462 e. The zero-order valence-electron chi connectivity index (χ0n) is 25.2. The molecular formula is C33H46O7. The number of esters is 2. The van der Waals surface area contributed by atoms with Gasteiger partial charge in [-0.2, -0.15) is 0 Å². The zero-order valence-corrected chi connectivity index (χ0v) is 25.2. The fourth-order valence-electron chi connectivity index (χ4n) is 11.2. The van der Waals surface area contributed by atoms with Crippen LogP contribution >= 0.6 is 0 Å². The van der Waals surface area contributed by atoms with Gasteiger partial charge in [0.25, 0.3) is 0 Å². The van der Waals surface area contributed by atoms with Crippen molar-refractivity contribution in [1.82, 2.24) is 0 Å². The highest BCUT2D eigenvalue weighted by Gasteiger charge is 2.82. The molecule has 0 aromatic rings. The first kappa shape index (κ1) is 28.1. The number of ether oxygens (including phenoxy) is 4. The Hall–Kier alpha value is -1.99. The van der Waals surface area contributed by atoms with Crippen LogP contribution in [0, 0.1) is 51.2 Å². The summed E-state index contributed by atoms with van der Waals surface area (Å²) in [6.45, 7) is 16.5. The molecule has 2 spiro atoms. The van der Waals surface area contributed by atoms with E-state index < -0.39 is 24.0 Å². The van der Waals surface area contributed by atoms with Gasteiger partial charge in [-0.3, -0.25) is 14.4 Å². The van der Waals surface area contributed by atoms with Gasteiger partial charge in [-0.1, -0.05) is 40.3 Å². The number of allylic oxidation sites excluding steroid dienone is 2. The van der Waals surface area contributed by atoms with E-state index in [0.29, 0.717) is 24.9 Å². The molecule has 5 fully saturated rings. The van der Waals surface area contributed by atoms with Crippen LogP contribution in [0.1, 0.15) is 80.1 Å². The van der Waals surface area contributed by atoms with Gasteiger partial charge in [-0.25, -0.2) is 0 Å². The van der Waals surface area contributed by atoms with E-state index in [4.69, 9.17) is 18.9 Å². The van der Waals surface area contributed by atoms with Crippen LogP contribution in [0.4, 0.5) is 0 Å². The molecule has 0 bridgehead atoms. The van der Waals surface area contributed by atoms with E-state index in [-0.39, 0.29) is 51.2 Å². The summed E-state index contributed by atoms with van der Waals surface area (Å²) in [5, 5.41) is 0. The summed E-state index contributed by atoms with van der Waals surface area (Å²) in [6, 6.07) is 0. The highest BCUT2D eigenvalue weighted by atomic mass is 16.7. The molecule has 12 atom stereocenters. The minimum atomic E-state index is -1.31. The van der Waals surface area contributed by atoms with Crippen molar-refractivity contribution in [2.45, 2.75) is 98.1 Å². The van der Waals surface area contributed by atoms with Gasteiger partial charge in [0, 0.05) is 38.7 Å². The fourth-order valence-corrected chi connectivity index (χ4v) is 11.2. The van der Waals surface area contributed by atoms with Crippen molar-refractivity contribution < 1.29 is 33.3 Å². The van der Waals surface area contributed by atoms with Crippen molar-refractivity contribution >= 4 is 17.7 Å². The Labute approximate surface area is 238 Å². The number of fused-ring (bicyclic) bond motifs is 2.